The summed E-state index contributed by atoms with van der Waals surface area (Å²) in [4.78, 5) is 190. The number of carboxylic acid groups (broad SMARTS) is 1. The number of benzene rings is 4. The van der Waals surface area contributed by atoms with E-state index in [4.69, 9.17) is 28.8 Å². The number of aliphatic hydroxyl groups is 1. The molecule has 0 aliphatic carbocycles. The highest BCUT2D eigenvalue weighted by molar-refractivity contribution is 6.00. The van der Waals surface area contributed by atoms with E-state index in [0.717, 1.165) is 12.1 Å². The van der Waals surface area contributed by atoms with Crippen LogP contribution < -0.4 is 47.3 Å². The van der Waals surface area contributed by atoms with Crippen molar-refractivity contribution in [1.29, 1.82) is 0 Å². The largest absolute Gasteiger partial charge is 0.497 e. The lowest BCUT2D eigenvalue weighted by atomic mass is 9.87. The molecule has 0 spiro atoms. The summed E-state index contributed by atoms with van der Waals surface area (Å²) in [6.45, 7) is 4.88. The Balaban J connectivity index is 0.00000217. The van der Waals surface area contributed by atoms with E-state index in [0.29, 0.717) is 74.1 Å². The van der Waals surface area contributed by atoms with Crippen LogP contribution in [0.3, 0.4) is 0 Å². The molecule has 4 aromatic carbocycles. The van der Waals surface area contributed by atoms with Gasteiger partial charge in [0.1, 0.15) is 60.1 Å². The van der Waals surface area contributed by atoms with Crippen molar-refractivity contribution in [3.63, 3.8) is 0 Å². The second-order valence-electron chi connectivity index (χ2n) is 32.7. The van der Waals surface area contributed by atoms with Crippen LogP contribution in [-0.2, 0) is 122 Å². The molecule has 10 N–H and O–H groups in total. The predicted molar refractivity (Wildman–Crippen MR) is 433 cm³/mol. The maximum atomic E-state index is 16.3. The summed E-state index contributed by atoms with van der Waals surface area (Å²) in [5.41, 5.74) is 2.79. The first kappa shape index (κ1) is 93.7. The molecule has 8 heterocycles. The van der Waals surface area contributed by atoms with Crippen LogP contribution in [0.15, 0.2) is 103 Å². The van der Waals surface area contributed by atoms with Crippen molar-refractivity contribution in [2.24, 2.45) is 11.8 Å². The Morgan fingerprint density at radius 1 is 0.732 bits per heavy atom. The van der Waals surface area contributed by atoms with E-state index in [2.05, 4.69) is 52.8 Å². The number of quaternary nitrogens is 1. The van der Waals surface area contributed by atoms with E-state index in [-0.39, 0.29) is 97.6 Å². The quantitative estimate of drug-likeness (QED) is 0.0400. The standard InChI is InChI=1S/C83H106FN15O17.C2HF3O2/c1-50-77(107)91-64-38-54-10-8-11-55(36-54)43-86-75(106)49-116-71-25-30-97-76(71)70(102)42-62(51(2)100)78(108)92-65(37-53-14-19-61(113-7)20-15-53)81(111)98-29-9-27-83(98,3)82(112)85-28-24-52-12-16-56(17-13-52)67(48-96-47-60(93-94-96)46-95-45-58(39-57(80(97)110)40-69(64)101)63-41-59(84)18-21-68(63)95)90-74(105)23-22-73(104)89-66(79(109)88-50)44-87-72(103)26-32-114-34-35-115-33-31-99(4,5)6;3-2(4,5)1(6)7/h8,10-21,36,41,45,47,50-51,57,62,64-67,71,76,100H,9,22-35,37-40,42-44,46,48-49H2,1-7H3,(H7-,85,86,87,88,89,90,91,92,103,104,105,106,107,108,109,112);(H,6,7)/p+1/t50-,51-,57-,62+,64+,65+,66+,67-,71+,76-,83+;/m1./s1. The van der Waals surface area contributed by atoms with E-state index < -0.39 is 193 Å². The Kier molecular flexibility index (Phi) is 32.3. The smallest absolute Gasteiger partial charge is 0.490 e. The van der Waals surface area contributed by atoms with E-state index >= 15 is 28.4 Å². The van der Waals surface area contributed by atoms with Crippen LogP contribution in [0.2, 0.25) is 0 Å². The van der Waals surface area contributed by atoms with Gasteiger partial charge in [-0.3, -0.25) is 57.5 Å². The van der Waals surface area contributed by atoms with Crippen LogP contribution in [-0.4, -0.2) is 269 Å². The second kappa shape index (κ2) is 42.5. The van der Waals surface area contributed by atoms with Gasteiger partial charge in [0.05, 0.1) is 104 Å². The number of nitrogens with one attached hydrogen (secondary N) is 8. The number of amides is 10. The maximum absolute atomic E-state index is 16.3. The van der Waals surface area contributed by atoms with Gasteiger partial charge in [0.25, 0.3) is 0 Å². The molecule has 0 saturated carbocycles. The van der Waals surface area contributed by atoms with Gasteiger partial charge in [-0.15, -0.1) is 5.10 Å². The maximum Gasteiger partial charge on any atom is 0.490 e. The minimum absolute atomic E-state index is 0.00647. The average molecular weight is 1720 g/mol. The molecule has 0 radical (unpaired) electrons. The Morgan fingerprint density at radius 3 is 2.14 bits per heavy atom. The van der Waals surface area contributed by atoms with Gasteiger partial charge in [-0.1, -0.05) is 65.9 Å². The number of hydrogen-bond acceptors (Lipinski definition) is 20. The summed E-state index contributed by atoms with van der Waals surface area (Å²) in [6, 6.07) is 16.5. The fraction of sp³-hybridized carbons (Fsp3) is 0.518. The number of aliphatic hydroxyl groups excluding tert-OH is 1. The van der Waals surface area contributed by atoms with E-state index in [1.807, 2.05) is 33.3 Å². The van der Waals surface area contributed by atoms with Crippen LogP contribution in [0, 0.1) is 17.7 Å². The molecule has 123 heavy (non-hydrogen) atoms. The first-order chi connectivity index (χ1) is 58.4. The van der Waals surface area contributed by atoms with Gasteiger partial charge >= 0.3 is 12.1 Å². The minimum Gasteiger partial charge on any atom is -0.497 e. The lowest BCUT2D eigenvalue weighted by Gasteiger charge is -2.37. The minimum atomic E-state index is -5.08. The third-order valence-electron chi connectivity index (χ3n) is 22.3. The highest BCUT2D eigenvalue weighted by Crippen LogP contribution is 2.35. The molecule has 12 rings (SSSR count). The first-order valence-corrected chi connectivity index (χ1v) is 40.9. The fourth-order valence-electron chi connectivity index (χ4n) is 15.5. The molecule has 2 aromatic heterocycles. The Morgan fingerprint density at radius 2 is 1.44 bits per heavy atom. The van der Waals surface area contributed by atoms with Gasteiger partial charge in [0.15, 0.2) is 11.6 Å². The van der Waals surface area contributed by atoms with Crippen molar-refractivity contribution in [3.8, 4) is 5.75 Å². The van der Waals surface area contributed by atoms with Crippen molar-refractivity contribution in [1.82, 2.24) is 71.9 Å². The van der Waals surface area contributed by atoms with Gasteiger partial charge in [0, 0.05) is 94.3 Å². The zero-order chi connectivity index (χ0) is 89.0. The van der Waals surface area contributed by atoms with E-state index in [9.17, 15) is 51.8 Å². The molecule has 664 valence electrons. The zero-order valence-electron chi connectivity index (χ0n) is 69.7. The third-order valence-corrected chi connectivity index (χ3v) is 22.3. The number of carboxylic acids is 1. The van der Waals surface area contributed by atoms with Gasteiger partial charge in [-0.2, -0.15) is 13.2 Å². The summed E-state index contributed by atoms with van der Waals surface area (Å²) in [5.74, 6) is -14.7. The molecule has 10 amide bonds. The molecule has 2 fully saturated rings. The normalized spacial score (nSPS) is 24.0. The molecular formula is C85H108F4N15O19+. The van der Waals surface area contributed by atoms with Crippen LogP contribution in [0.1, 0.15) is 117 Å². The third kappa shape index (κ3) is 26.2. The Labute approximate surface area is 707 Å². The number of nitrogens with zero attached hydrogens (tertiary/aromatic N) is 7. The van der Waals surface area contributed by atoms with Crippen LogP contribution in [0.25, 0.3) is 10.9 Å². The van der Waals surface area contributed by atoms with E-state index in [1.54, 1.807) is 90.6 Å². The number of likely N-dealkylation sites (N-methyl/N-ethyl adjacent to an activating group) is 1. The van der Waals surface area contributed by atoms with Crippen LogP contribution >= 0.6 is 0 Å². The first-order valence-electron chi connectivity index (χ1n) is 40.9. The monoisotopic (exact) mass is 1720 g/mol. The highest BCUT2D eigenvalue weighted by atomic mass is 19.4. The number of fused-ring (bicyclic) bond motifs is 16. The van der Waals surface area contributed by atoms with Crippen LogP contribution in [0.5, 0.6) is 5.75 Å². The zero-order valence-corrected chi connectivity index (χ0v) is 69.7. The van der Waals surface area contributed by atoms with Crippen molar-refractivity contribution in [2.45, 2.75) is 178 Å². The molecule has 34 nitrogen and oxygen atoms in total. The molecule has 0 unspecified atom stereocenters. The lowest BCUT2D eigenvalue weighted by molar-refractivity contribution is -0.870. The molecule has 6 aliphatic rings. The van der Waals surface area contributed by atoms with E-state index in [1.165, 1.54) is 47.6 Å². The number of methoxy groups -OCH3 is 1. The second-order valence-corrected chi connectivity index (χ2v) is 32.7. The number of ketones is 2. The van der Waals surface area contributed by atoms with Crippen LogP contribution in [0.4, 0.5) is 17.6 Å². The summed E-state index contributed by atoms with van der Waals surface area (Å²) < 4.78 is 74.7. The molecule has 2 saturated heterocycles. The molecular weight excluding hydrogens is 1610 g/mol. The molecule has 38 heteroatoms. The summed E-state index contributed by atoms with van der Waals surface area (Å²) in [5, 5.41) is 50.7. The van der Waals surface area contributed by atoms with Crippen molar-refractivity contribution in [3.05, 3.63) is 148 Å². The molecule has 6 aromatic rings. The van der Waals surface area contributed by atoms with Crippen molar-refractivity contribution in [2.75, 3.05) is 94.0 Å². The van der Waals surface area contributed by atoms with Gasteiger partial charge in [0.2, 0.25) is 59.1 Å². The summed E-state index contributed by atoms with van der Waals surface area (Å²) in [6.07, 6.45) is -6.74. The summed E-state index contributed by atoms with van der Waals surface area (Å²) >= 11 is 0. The molecule has 11 atom stereocenters. The summed E-state index contributed by atoms with van der Waals surface area (Å²) in [7, 11) is 7.61. The van der Waals surface area contributed by atoms with Crippen molar-refractivity contribution >= 4 is 87.5 Å². The number of carbonyl (C=O) groups excluding carboxylic acids is 12. The molecule has 14 bridgehead atoms. The predicted octanol–water partition coefficient (Wildman–Crippen LogP) is 2.15. The van der Waals surface area contributed by atoms with Gasteiger partial charge in [-0.25, -0.2) is 13.9 Å². The highest BCUT2D eigenvalue weighted by Gasteiger charge is 2.50. The number of halogens is 4. The number of hydrogen-bond donors (Lipinski definition) is 10. The number of aromatic nitrogens is 4. The number of alkyl halides is 3. The Bertz CT molecular complexity index is 4810. The Hall–Kier alpha value is -11.6. The topological polar surface area (TPSA) is 438 Å². The SMILES string of the molecule is COc1ccc(C[C@@H]2NC(=O)[C@H]([C@@H](C)O)CC(=O)[C@@H]3[C@@H]4CCN3C(=O)[C@H]3CC(=O)[C@H](Cc5cccc(c5)CNC(=O)CO4)NC(=O)[C@@H](C)NC(=O)[C@H](CNC(=O)CCOCCOCC[N+](C)(C)C)NC(=O)CCC(=O)N[C@H](Cn4cc(nn4)Cn4cc(c5cc(F)ccc54)C3)c3ccc(cc3)CCNC(=O)[C@]3(C)CCCN3C2=O)cc1.O=C(O)C(F)(F)F. The number of Topliss-reactive ketones (excluding diaryl/α,β-unsaturated/α-hetero) is 2. The number of rotatable bonds is 15. The molecule has 6 aliphatic heterocycles. The number of ether oxygens (including phenoxy) is 4. The average Bonchev–Trinajstić information content (AvgIpc) is 1.63. The van der Waals surface area contributed by atoms with Gasteiger partial charge in [-0.05, 0) is 123 Å². The van der Waals surface area contributed by atoms with Crippen molar-refractivity contribution < 1.29 is 114 Å². The van der Waals surface area contributed by atoms with Gasteiger partial charge < -0.3 is 90.5 Å². The lowest BCUT2D eigenvalue weighted by Crippen LogP contribution is -2.60. The fourth-order valence-corrected chi connectivity index (χ4v) is 15.5. The number of carbonyl (C=O) groups is 13. The number of aliphatic carboxylic acids is 1.